The number of carbonyl (C=O) groups is 3. The van der Waals surface area contributed by atoms with Crippen LogP contribution < -0.4 is 0 Å². The third-order valence-electron chi connectivity index (χ3n) is 4.78. The number of hydrogen-bond donors (Lipinski definition) is 1. The van der Waals surface area contributed by atoms with Gasteiger partial charge in [-0.15, -0.1) is 0 Å². The summed E-state index contributed by atoms with van der Waals surface area (Å²) in [7, 11) is 0. The van der Waals surface area contributed by atoms with Gasteiger partial charge in [0.05, 0.1) is 17.0 Å². The number of imide groups is 1. The summed E-state index contributed by atoms with van der Waals surface area (Å²) in [6, 6.07) is 15.8. The summed E-state index contributed by atoms with van der Waals surface area (Å²) in [5, 5.41) is 8.90. The minimum atomic E-state index is -1.02. The van der Waals surface area contributed by atoms with E-state index >= 15 is 0 Å². The molecule has 156 valence electrons. The highest BCUT2D eigenvalue weighted by Crippen LogP contribution is 2.35. The maximum absolute atomic E-state index is 12.7. The van der Waals surface area contributed by atoms with E-state index in [-0.39, 0.29) is 28.2 Å². The number of carboxylic acids is 1. The lowest BCUT2D eigenvalue weighted by Crippen LogP contribution is -2.27. The van der Waals surface area contributed by atoms with E-state index in [0.717, 1.165) is 26.5 Å². The number of aromatic carboxylic acids is 1. The highest BCUT2D eigenvalue weighted by Gasteiger charge is 2.35. The van der Waals surface area contributed by atoms with Crippen molar-refractivity contribution < 1.29 is 23.9 Å². The molecule has 2 amide bonds. The predicted octanol–water partition coefficient (Wildman–Crippen LogP) is 5.79. The van der Waals surface area contributed by atoms with Crippen molar-refractivity contribution >= 4 is 57.5 Å². The van der Waals surface area contributed by atoms with Crippen molar-refractivity contribution in [3.63, 3.8) is 0 Å². The monoisotopic (exact) mass is 545 g/mol. The summed E-state index contributed by atoms with van der Waals surface area (Å²) in [6.45, 7) is 2.07. The van der Waals surface area contributed by atoms with Crippen molar-refractivity contribution in [2.45, 2.75) is 13.5 Å². The molecule has 3 aromatic rings. The van der Waals surface area contributed by atoms with Crippen LogP contribution in [0.25, 0.3) is 17.4 Å². The number of carbonyl (C=O) groups excluding carboxylic acids is 2. The van der Waals surface area contributed by atoms with Crippen LogP contribution in [-0.2, 0) is 11.3 Å². The fourth-order valence-corrected chi connectivity index (χ4v) is 4.31. The van der Waals surface area contributed by atoms with E-state index in [1.54, 1.807) is 30.3 Å². The minimum Gasteiger partial charge on any atom is -0.478 e. The Morgan fingerprint density at radius 2 is 1.87 bits per heavy atom. The van der Waals surface area contributed by atoms with Crippen LogP contribution in [0.2, 0.25) is 0 Å². The Morgan fingerprint density at radius 1 is 1.13 bits per heavy atom. The van der Waals surface area contributed by atoms with Crippen molar-refractivity contribution in [1.82, 2.24) is 4.90 Å². The molecule has 1 fully saturated rings. The molecule has 0 saturated carbocycles. The molecule has 2 heterocycles. The minimum absolute atomic E-state index is 0.162. The Labute approximate surface area is 196 Å². The number of thioether (sulfide) groups is 1. The molecule has 1 N–H and O–H groups in total. The van der Waals surface area contributed by atoms with E-state index in [4.69, 9.17) is 4.42 Å². The number of nitrogens with zero attached hydrogens (tertiary/aromatic N) is 1. The highest BCUT2D eigenvalue weighted by molar-refractivity contribution is 14.1. The molecule has 1 saturated heterocycles. The average Bonchev–Trinajstić information content (AvgIpc) is 3.30. The molecule has 2 aromatic carbocycles. The molecule has 0 unspecified atom stereocenters. The zero-order valence-corrected chi connectivity index (χ0v) is 19.3. The molecule has 0 aliphatic carbocycles. The third kappa shape index (κ3) is 4.59. The van der Waals surface area contributed by atoms with Crippen LogP contribution in [0.1, 0.15) is 27.2 Å². The Morgan fingerprint density at radius 3 is 2.58 bits per heavy atom. The van der Waals surface area contributed by atoms with Gasteiger partial charge < -0.3 is 9.52 Å². The summed E-state index contributed by atoms with van der Waals surface area (Å²) < 4.78 is 6.91. The molecule has 4 rings (SSSR count). The number of rotatable bonds is 5. The smallest absolute Gasteiger partial charge is 0.335 e. The van der Waals surface area contributed by atoms with Gasteiger partial charge in [-0.2, -0.15) is 0 Å². The number of hydrogen-bond acceptors (Lipinski definition) is 5. The van der Waals surface area contributed by atoms with Gasteiger partial charge in [0.1, 0.15) is 11.5 Å². The summed E-state index contributed by atoms with van der Waals surface area (Å²) >= 11 is 3.07. The van der Waals surface area contributed by atoms with Gasteiger partial charge in [-0.1, -0.05) is 18.2 Å². The quantitative estimate of drug-likeness (QED) is 0.323. The number of halogens is 1. The lowest BCUT2D eigenvalue weighted by molar-refractivity contribution is -0.123. The van der Waals surface area contributed by atoms with Crippen molar-refractivity contribution in [3.05, 3.63) is 85.5 Å². The summed E-state index contributed by atoms with van der Waals surface area (Å²) in [5.41, 5.74) is 2.56. The molecule has 1 aliphatic rings. The average molecular weight is 545 g/mol. The Hall–Kier alpha value is -2.85. The number of amides is 2. The first-order valence-electron chi connectivity index (χ1n) is 9.26. The van der Waals surface area contributed by atoms with E-state index in [9.17, 15) is 19.5 Å². The van der Waals surface area contributed by atoms with E-state index in [1.165, 1.54) is 11.0 Å². The van der Waals surface area contributed by atoms with Crippen molar-refractivity contribution in [3.8, 4) is 11.3 Å². The van der Waals surface area contributed by atoms with Crippen molar-refractivity contribution in [2.24, 2.45) is 0 Å². The second kappa shape index (κ2) is 8.72. The van der Waals surface area contributed by atoms with Gasteiger partial charge in [-0.3, -0.25) is 14.5 Å². The summed E-state index contributed by atoms with van der Waals surface area (Å²) in [6.07, 6.45) is 1.54. The maximum atomic E-state index is 12.7. The third-order valence-corrected chi connectivity index (χ3v) is 6.40. The molecule has 31 heavy (non-hydrogen) atoms. The fourth-order valence-electron chi connectivity index (χ4n) is 3.13. The Bertz CT molecular complexity index is 1230. The predicted molar refractivity (Wildman–Crippen MR) is 127 cm³/mol. The fraction of sp³-hybridized carbons (Fsp3) is 0.0870. The van der Waals surface area contributed by atoms with Crippen LogP contribution in [0.4, 0.5) is 4.79 Å². The van der Waals surface area contributed by atoms with Crippen LogP contribution in [0.5, 0.6) is 0 Å². The van der Waals surface area contributed by atoms with Crippen molar-refractivity contribution in [1.29, 1.82) is 0 Å². The maximum Gasteiger partial charge on any atom is 0.335 e. The molecular formula is C23H16INO5S. The van der Waals surface area contributed by atoms with E-state index in [0.29, 0.717) is 17.1 Å². The van der Waals surface area contributed by atoms with E-state index in [1.807, 2.05) is 31.2 Å². The van der Waals surface area contributed by atoms with Gasteiger partial charge in [-0.05, 0) is 88.8 Å². The van der Waals surface area contributed by atoms with Gasteiger partial charge >= 0.3 is 5.97 Å². The lowest BCUT2D eigenvalue weighted by Gasteiger charge is -2.12. The van der Waals surface area contributed by atoms with Crippen LogP contribution in [-0.4, -0.2) is 27.1 Å². The molecular weight excluding hydrogens is 529 g/mol. The first-order valence-corrected chi connectivity index (χ1v) is 11.2. The van der Waals surface area contributed by atoms with Gasteiger partial charge in [0, 0.05) is 15.2 Å². The number of aryl methyl sites for hydroxylation is 1. The zero-order chi connectivity index (χ0) is 22.1. The lowest BCUT2D eigenvalue weighted by atomic mass is 10.0. The molecule has 8 heteroatoms. The van der Waals surface area contributed by atoms with Crippen LogP contribution in [0, 0.1) is 10.5 Å². The standard InChI is InChI=1S/C23H16INO5S/c1-13-2-5-15(22(27)28)10-18(13)19-9-8-17(30-19)11-20-21(26)25(23(29)31-20)12-14-3-6-16(24)7-4-14/h2-11H,12H2,1H3,(H,27,28)/b20-11-. The van der Waals surface area contributed by atoms with Gasteiger partial charge in [0.15, 0.2) is 0 Å². The molecule has 0 bridgehead atoms. The second-order valence-corrected chi connectivity index (χ2v) is 9.17. The highest BCUT2D eigenvalue weighted by atomic mass is 127. The topological polar surface area (TPSA) is 87.8 Å². The summed E-state index contributed by atoms with van der Waals surface area (Å²) in [4.78, 5) is 37.9. The molecule has 0 spiro atoms. The van der Waals surface area contributed by atoms with Crippen LogP contribution >= 0.6 is 34.4 Å². The molecule has 0 atom stereocenters. The number of furan rings is 1. The van der Waals surface area contributed by atoms with Crippen molar-refractivity contribution in [2.75, 3.05) is 0 Å². The Balaban J connectivity index is 1.56. The second-order valence-electron chi connectivity index (χ2n) is 6.93. The van der Waals surface area contributed by atoms with E-state index < -0.39 is 5.97 Å². The van der Waals surface area contributed by atoms with Crippen LogP contribution in [0.15, 0.2) is 63.9 Å². The molecule has 0 radical (unpaired) electrons. The molecule has 6 nitrogen and oxygen atoms in total. The van der Waals surface area contributed by atoms with Crippen LogP contribution in [0.3, 0.4) is 0 Å². The first kappa shape index (κ1) is 21.4. The first-order chi connectivity index (χ1) is 14.8. The molecule has 1 aromatic heterocycles. The zero-order valence-electron chi connectivity index (χ0n) is 16.3. The molecule has 1 aliphatic heterocycles. The number of benzene rings is 2. The number of carboxylic acid groups (broad SMARTS) is 1. The largest absolute Gasteiger partial charge is 0.478 e. The van der Waals surface area contributed by atoms with Gasteiger partial charge in [-0.25, -0.2) is 4.79 Å². The van der Waals surface area contributed by atoms with E-state index in [2.05, 4.69) is 22.6 Å². The normalized spacial score (nSPS) is 15.2. The van der Waals surface area contributed by atoms with Gasteiger partial charge in [0.2, 0.25) is 0 Å². The summed E-state index contributed by atoms with van der Waals surface area (Å²) in [5.74, 6) is -0.481. The Kier molecular flexibility index (Phi) is 6.01. The van der Waals surface area contributed by atoms with Gasteiger partial charge in [0.25, 0.3) is 11.1 Å². The SMILES string of the molecule is Cc1ccc(C(=O)O)cc1-c1ccc(/C=C2\SC(=O)N(Cc3ccc(I)cc3)C2=O)o1.